The van der Waals surface area contributed by atoms with Gasteiger partial charge in [0.05, 0.1) is 16.8 Å². The first-order chi connectivity index (χ1) is 8.60. The van der Waals surface area contributed by atoms with E-state index < -0.39 is 6.04 Å². The molecule has 1 heterocycles. The average molecular weight is 329 g/mol. The van der Waals surface area contributed by atoms with Gasteiger partial charge in [0.15, 0.2) is 5.13 Å². The van der Waals surface area contributed by atoms with Crippen LogP contribution in [0, 0.1) is 0 Å². The van der Waals surface area contributed by atoms with Crippen LogP contribution in [-0.4, -0.2) is 23.6 Å². The molecule has 0 bridgehead atoms. The maximum absolute atomic E-state index is 11.5. The van der Waals surface area contributed by atoms with Gasteiger partial charge in [0.1, 0.15) is 6.04 Å². The normalized spacial score (nSPS) is 12.4. The number of ether oxygens (including phenoxy) is 1. The molecule has 96 valence electrons. The molecule has 18 heavy (non-hydrogen) atoms. The standard InChI is InChI=1S/C12H13BrN2O2S/c1-3-17-11(16)7(2)14-12-15-9-6-8(13)4-5-10(9)18-12/h4-7H,3H2,1-2H3,(H,14,15). The van der Waals surface area contributed by atoms with Crippen molar-refractivity contribution in [3.8, 4) is 0 Å². The molecule has 0 spiro atoms. The molecule has 1 N–H and O–H groups in total. The molecule has 1 aromatic carbocycles. The van der Waals surface area contributed by atoms with Crippen LogP contribution in [0.3, 0.4) is 0 Å². The van der Waals surface area contributed by atoms with E-state index in [4.69, 9.17) is 4.74 Å². The van der Waals surface area contributed by atoms with Gasteiger partial charge in [-0.3, -0.25) is 0 Å². The summed E-state index contributed by atoms with van der Waals surface area (Å²) in [5, 5.41) is 3.78. The molecule has 2 aromatic rings. The molecular formula is C12H13BrN2O2S. The predicted molar refractivity (Wildman–Crippen MR) is 77.0 cm³/mol. The molecule has 1 unspecified atom stereocenters. The van der Waals surface area contributed by atoms with E-state index in [2.05, 4.69) is 26.2 Å². The van der Waals surface area contributed by atoms with Crippen LogP contribution in [0.5, 0.6) is 0 Å². The number of carbonyl (C=O) groups excluding carboxylic acids is 1. The SMILES string of the molecule is CCOC(=O)C(C)Nc1nc2cc(Br)ccc2s1. The first-order valence-electron chi connectivity index (χ1n) is 5.59. The van der Waals surface area contributed by atoms with Crippen LogP contribution >= 0.6 is 27.3 Å². The van der Waals surface area contributed by atoms with E-state index in [-0.39, 0.29) is 5.97 Å². The minimum atomic E-state index is -0.394. The van der Waals surface area contributed by atoms with E-state index in [1.807, 2.05) is 18.2 Å². The van der Waals surface area contributed by atoms with Crippen molar-refractivity contribution in [2.75, 3.05) is 11.9 Å². The lowest BCUT2D eigenvalue weighted by Gasteiger charge is -2.10. The van der Waals surface area contributed by atoms with Crippen molar-refractivity contribution in [3.63, 3.8) is 0 Å². The fraction of sp³-hybridized carbons (Fsp3) is 0.333. The summed E-state index contributed by atoms with van der Waals surface area (Å²) in [6, 6.07) is 5.52. The number of thiazole rings is 1. The summed E-state index contributed by atoms with van der Waals surface area (Å²) in [7, 11) is 0. The largest absolute Gasteiger partial charge is 0.464 e. The third-order valence-corrected chi connectivity index (χ3v) is 3.79. The van der Waals surface area contributed by atoms with Crippen LogP contribution in [0.1, 0.15) is 13.8 Å². The smallest absolute Gasteiger partial charge is 0.328 e. The summed E-state index contributed by atoms with van der Waals surface area (Å²) in [5.41, 5.74) is 0.910. The summed E-state index contributed by atoms with van der Waals surface area (Å²) in [6.07, 6.45) is 0. The number of anilines is 1. The Bertz CT molecular complexity index is 570. The summed E-state index contributed by atoms with van der Waals surface area (Å²) < 4.78 is 7.01. The van der Waals surface area contributed by atoms with Gasteiger partial charge in [-0.05, 0) is 32.0 Å². The van der Waals surface area contributed by atoms with Crippen molar-refractivity contribution in [1.82, 2.24) is 4.98 Å². The fourth-order valence-corrected chi connectivity index (χ4v) is 2.76. The topological polar surface area (TPSA) is 51.2 Å². The lowest BCUT2D eigenvalue weighted by atomic mass is 10.3. The monoisotopic (exact) mass is 328 g/mol. The van der Waals surface area contributed by atoms with E-state index in [0.717, 1.165) is 19.8 Å². The van der Waals surface area contributed by atoms with Gasteiger partial charge >= 0.3 is 5.97 Å². The van der Waals surface area contributed by atoms with Gasteiger partial charge in [0.25, 0.3) is 0 Å². The summed E-state index contributed by atoms with van der Waals surface area (Å²) in [6.45, 7) is 3.94. The zero-order chi connectivity index (χ0) is 13.1. The zero-order valence-corrected chi connectivity index (χ0v) is 12.5. The number of rotatable bonds is 4. The van der Waals surface area contributed by atoms with Gasteiger partial charge in [0.2, 0.25) is 0 Å². The van der Waals surface area contributed by atoms with Crippen molar-refractivity contribution in [2.45, 2.75) is 19.9 Å². The Morgan fingerprint density at radius 2 is 2.39 bits per heavy atom. The zero-order valence-electron chi connectivity index (χ0n) is 10.1. The first kappa shape index (κ1) is 13.3. The van der Waals surface area contributed by atoms with Crippen LogP contribution in [0.4, 0.5) is 5.13 Å². The molecule has 0 saturated carbocycles. The Balaban J connectivity index is 2.14. The Morgan fingerprint density at radius 3 is 3.11 bits per heavy atom. The molecule has 4 nitrogen and oxygen atoms in total. The second kappa shape index (κ2) is 5.67. The van der Waals surface area contributed by atoms with Crippen molar-refractivity contribution in [1.29, 1.82) is 0 Å². The molecular weight excluding hydrogens is 316 g/mol. The maximum atomic E-state index is 11.5. The van der Waals surface area contributed by atoms with Crippen molar-refractivity contribution >= 4 is 48.6 Å². The lowest BCUT2D eigenvalue weighted by Crippen LogP contribution is -2.28. The third-order valence-electron chi connectivity index (χ3n) is 2.33. The van der Waals surface area contributed by atoms with Gasteiger partial charge in [0, 0.05) is 4.47 Å². The fourth-order valence-electron chi connectivity index (χ4n) is 1.47. The summed E-state index contributed by atoms with van der Waals surface area (Å²) >= 11 is 4.93. The second-order valence-electron chi connectivity index (χ2n) is 3.75. The summed E-state index contributed by atoms with van der Waals surface area (Å²) in [5.74, 6) is -0.266. The number of aromatic nitrogens is 1. The highest BCUT2D eigenvalue weighted by atomic mass is 79.9. The van der Waals surface area contributed by atoms with Gasteiger partial charge in [-0.2, -0.15) is 0 Å². The number of nitrogens with zero attached hydrogens (tertiary/aromatic N) is 1. The second-order valence-corrected chi connectivity index (χ2v) is 5.70. The lowest BCUT2D eigenvalue weighted by molar-refractivity contribution is -0.143. The van der Waals surface area contributed by atoms with Crippen LogP contribution in [-0.2, 0) is 9.53 Å². The quantitative estimate of drug-likeness (QED) is 0.873. The molecule has 0 saturated heterocycles. The highest BCUT2D eigenvalue weighted by Crippen LogP contribution is 2.28. The van der Waals surface area contributed by atoms with Crippen molar-refractivity contribution < 1.29 is 9.53 Å². The van der Waals surface area contributed by atoms with Crippen molar-refractivity contribution in [2.24, 2.45) is 0 Å². The van der Waals surface area contributed by atoms with E-state index in [0.29, 0.717) is 6.61 Å². The Hall–Kier alpha value is -1.14. The number of esters is 1. The van der Waals surface area contributed by atoms with E-state index in [1.54, 1.807) is 13.8 Å². The van der Waals surface area contributed by atoms with Crippen molar-refractivity contribution in [3.05, 3.63) is 22.7 Å². The number of hydrogen-bond donors (Lipinski definition) is 1. The molecule has 2 rings (SSSR count). The molecule has 6 heteroatoms. The number of nitrogens with one attached hydrogen (secondary N) is 1. The van der Waals surface area contributed by atoms with E-state index in [9.17, 15) is 4.79 Å². The molecule has 0 fully saturated rings. The van der Waals surface area contributed by atoms with Gasteiger partial charge < -0.3 is 10.1 Å². The van der Waals surface area contributed by atoms with E-state index >= 15 is 0 Å². The Labute approximate surface area is 117 Å². The number of hydrogen-bond acceptors (Lipinski definition) is 5. The highest BCUT2D eigenvalue weighted by molar-refractivity contribution is 9.10. The van der Waals surface area contributed by atoms with E-state index in [1.165, 1.54) is 11.3 Å². The number of halogens is 1. The minimum absolute atomic E-state index is 0.266. The van der Waals surface area contributed by atoms with Gasteiger partial charge in [-0.15, -0.1) is 0 Å². The predicted octanol–water partition coefficient (Wildman–Crippen LogP) is 3.42. The highest BCUT2D eigenvalue weighted by Gasteiger charge is 2.15. The molecule has 1 atom stereocenters. The van der Waals surface area contributed by atoms with Crippen LogP contribution in [0.15, 0.2) is 22.7 Å². The van der Waals surface area contributed by atoms with Crippen LogP contribution in [0.25, 0.3) is 10.2 Å². The summed E-state index contributed by atoms with van der Waals surface area (Å²) in [4.78, 5) is 15.9. The Kier molecular flexibility index (Phi) is 4.19. The number of benzene rings is 1. The minimum Gasteiger partial charge on any atom is -0.464 e. The molecule has 1 aromatic heterocycles. The molecule has 0 amide bonds. The Morgan fingerprint density at radius 1 is 1.61 bits per heavy atom. The maximum Gasteiger partial charge on any atom is 0.328 e. The first-order valence-corrected chi connectivity index (χ1v) is 7.20. The van der Waals surface area contributed by atoms with Gasteiger partial charge in [-0.25, -0.2) is 9.78 Å². The van der Waals surface area contributed by atoms with Gasteiger partial charge in [-0.1, -0.05) is 27.3 Å². The third kappa shape index (κ3) is 3.00. The molecule has 0 aliphatic heterocycles. The average Bonchev–Trinajstić information content (AvgIpc) is 2.70. The number of carbonyl (C=O) groups is 1. The van der Waals surface area contributed by atoms with Crippen LogP contribution in [0.2, 0.25) is 0 Å². The molecule has 0 radical (unpaired) electrons. The molecule has 0 aliphatic carbocycles. The molecule has 0 aliphatic rings. The number of fused-ring (bicyclic) bond motifs is 1. The van der Waals surface area contributed by atoms with Crippen LogP contribution < -0.4 is 5.32 Å².